The molecule has 0 unspecified atom stereocenters. The Bertz CT molecular complexity index is 881. The van der Waals surface area contributed by atoms with E-state index in [1.165, 1.54) is 6.07 Å². The van der Waals surface area contributed by atoms with Crippen molar-refractivity contribution in [1.82, 2.24) is 24.8 Å². The molecule has 7 heteroatoms. The van der Waals surface area contributed by atoms with Crippen LogP contribution in [0.2, 0.25) is 0 Å². The van der Waals surface area contributed by atoms with E-state index in [1.54, 1.807) is 47.9 Å². The summed E-state index contributed by atoms with van der Waals surface area (Å²) in [6.07, 6.45) is 6.89. The molecule has 6 nitrogen and oxygen atoms in total. The maximum atomic E-state index is 14.0. The highest BCUT2D eigenvalue weighted by atomic mass is 19.1. The van der Waals surface area contributed by atoms with Crippen molar-refractivity contribution in [2.75, 3.05) is 6.54 Å². The van der Waals surface area contributed by atoms with Gasteiger partial charge in [-0.15, -0.1) is 0 Å². The van der Waals surface area contributed by atoms with Gasteiger partial charge in [-0.1, -0.05) is 24.3 Å². The lowest BCUT2D eigenvalue weighted by molar-refractivity contribution is 0.190. The molecule has 2 amide bonds. The van der Waals surface area contributed by atoms with Crippen molar-refractivity contribution in [2.24, 2.45) is 0 Å². The Hall–Kier alpha value is -3.22. The molecule has 0 radical (unpaired) electrons. The van der Waals surface area contributed by atoms with Gasteiger partial charge in [0.2, 0.25) is 0 Å². The number of nitrogens with one attached hydrogen (secondary N) is 1. The van der Waals surface area contributed by atoms with E-state index in [1.807, 2.05) is 23.6 Å². The van der Waals surface area contributed by atoms with Crippen LogP contribution in [0.4, 0.5) is 9.18 Å². The smallest absolute Gasteiger partial charge is 0.318 e. The minimum atomic E-state index is -0.256. The fraction of sp³-hybridized carbons (Fsp3) is 0.250. The molecule has 140 valence electrons. The van der Waals surface area contributed by atoms with Gasteiger partial charge in [-0.3, -0.25) is 4.98 Å². The molecule has 0 bridgehead atoms. The molecule has 0 saturated heterocycles. The Labute approximate surface area is 157 Å². The van der Waals surface area contributed by atoms with Gasteiger partial charge in [0.15, 0.2) is 0 Å². The molecule has 0 atom stereocenters. The van der Waals surface area contributed by atoms with E-state index >= 15 is 0 Å². The summed E-state index contributed by atoms with van der Waals surface area (Å²) in [5.74, 6) is 0.432. The topological polar surface area (TPSA) is 63.1 Å². The zero-order chi connectivity index (χ0) is 19.1. The minimum Gasteiger partial charge on any atom is -0.338 e. The largest absolute Gasteiger partial charge is 0.338 e. The van der Waals surface area contributed by atoms with Crippen LogP contribution in [0.25, 0.3) is 0 Å². The molecule has 0 fully saturated rings. The Morgan fingerprint density at radius 1 is 1.19 bits per heavy atom. The molecule has 1 N–H and O–H groups in total. The van der Waals surface area contributed by atoms with Gasteiger partial charge in [0, 0.05) is 43.4 Å². The number of amides is 2. The standard InChI is InChI=1S/C20H22FN5O/c1-2-23-20(27)26(13-16-6-5-9-22-12-16)15-19-24-10-11-25(19)14-17-7-3-4-8-18(17)21/h3-12H,2,13-15H2,1H3,(H,23,27). The first-order valence-corrected chi connectivity index (χ1v) is 8.82. The Balaban J connectivity index is 1.79. The average Bonchev–Trinajstić information content (AvgIpc) is 3.11. The second-order valence-corrected chi connectivity index (χ2v) is 6.12. The minimum absolute atomic E-state index is 0.179. The quantitative estimate of drug-likeness (QED) is 0.698. The van der Waals surface area contributed by atoms with E-state index in [2.05, 4.69) is 15.3 Å². The van der Waals surface area contributed by atoms with E-state index in [4.69, 9.17) is 0 Å². The van der Waals surface area contributed by atoms with Crippen molar-refractivity contribution < 1.29 is 9.18 Å². The SMILES string of the molecule is CCNC(=O)N(Cc1cccnc1)Cc1nccn1Cc1ccccc1F. The Morgan fingerprint density at radius 3 is 2.78 bits per heavy atom. The number of urea groups is 1. The summed E-state index contributed by atoms with van der Waals surface area (Å²) < 4.78 is 15.8. The van der Waals surface area contributed by atoms with Crippen LogP contribution < -0.4 is 5.32 Å². The van der Waals surface area contributed by atoms with Gasteiger partial charge in [0.1, 0.15) is 11.6 Å². The van der Waals surface area contributed by atoms with Crippen LogP contribution in [0.5, 0.6) is 0 Å². The molecule has 1 aromatic carbocycles. The molecule has 27 heavy (non-hydrogen) atoms. The number of hydrogen-bond donors (Lipinski definition) is 1. The first-order chi connectivity index (χ1) is 13.2. The lowest BCUT2D eigenvalue weighted by atomic mass is 10.2. The van der Waals surface area contributed by atoms with Crippen LogP contribution in [0.15, 0.2) is 61.2 Å². The fourth-order valence-corrected chi connectivity index (χ4v) is 2.79. The van der Waals surface area contributed by atoms with Crippen molar-refractivity contribution >= 4 is 6.03 Å². The van der Waals surface area contributed by atoms with Gasteiger partial charge in [-0.25, -0.2) is 14.2 Å². The molecule has 0 aliphatic rings. The van der Waals surface area contributed by atoms with Crippen LogP contribution in [-0.2, 0) is 19.6 Å². The Kier molecular flexibility index (Phi) is 6.14. The third-order valence-corrected chi connectivity index (χ3v) is 4.14. The fourth-order valence-electron chi connectivity index (χ4n) is 2.79. The van der Waals surface area contributed by atoms with Gasteiger partial charge in [-0.05, 0) is 24.6 Å². The number of rotatable bonds is 7. The number of pyridine rings is 1. The van der Waals surface area contributed by atoms with Crippen LogP contribution in [0, 0.1) is 5.82 Å². The first kappa shape index (κ1) is 18.6. The summed E-state index contributed by atoms with van der Waals surface area (Å²) in [4.78, 5) is 22.6. The number of carbonyl (C=O) groups is 1. The molecular formula is C20H22FN5O. The van der Waals surface area contributed by atoms with Crippen LogP contribution >= 0.6 is 0 Å². The second-order valence-electron chi connectivity index (χ2n) is 6.12. The molecular weight excluding hydrogens is 345 g/mol. The number of aromatic nitrogens is 3. The van der Waals surface area contributed by atoms with Crippen molar-refractivity contribution in [3.05, 3.63) is 84.0 Å². The molecule has 3 aromatic rings. The van der Waals surface area contributed by atoms with Crippen LogP contribution in [0.1, 0.15) is 23.9 Å². The van der Waals surface area contributed by atoms with Gasteiger partial charge in [0.05, 0.1) is 13.1 Å². The number of halogens is 1. The average molecular weight is 367 g/mol. The third kappa shape index (κ3) is 4.91. The molecule has 2 heterocycles. The summed E-state index contributed by atoms with van der Waals surface area (Å²) in [6, 6.07) is 10.2. The Morgan fingerprint density at radius 2 is 2.04 bits per heavy atom. The van der Waals surface area contributed by atoms with Gasteiger partial charge in [-0.2, -0.15) is 0 Å². The zero-order valence-corrected chi connectivity index (χ0v) is 15.2. The maximum Gasteiger partial charge on any atom is 0.318 e. The predicted molar refractivity (Wildman–Crippen MR) is 100 cm³/mol. The molecule has 0 saturated carbocycles. The number of nitrogens with zero attached hydrogens (tertiary/aromatic N) is 4. The molecule has 0 aliphatic carbocycles. The zero-order valence-electron chi connectivity index (χ0n) is 15.2. The number of hydrogen-bond acceptors (Lipinski definition) is 3. The first-order valence-electron chi connectivity index (χ1n) is 8.82. The van der Waals surface area contributed by atoms with Gasteiger partial charge < -0.3 is 14.8 Å². The number of benzene rings is 1. The van der Waals surface area contributed by atoms with Crippen molar-refractivity contribution in [3.63, 3.8) is 0 Å². The highest BCUT2D eigenvalue weighted by Crippen LogP contribution is 2.13. The number of imidazole rings is 1. The van der Waals surface area contributed by atoms with E-state index in [0.29, 0.717) is 37.6 Å². The highest BCUT2D eigenvalue weighted by molar-refractivity contribution is 5.74. The monoisotopic (exact) mass is 367 g/mol. The summed E-state index contributed by atoms with van der Waals surface area (Å²) in [6.45, 7) is 3.48. The van der Waals surface area contributed by atoms with E-state index < -0.39 is 0 Å². The molecule has 3 rings (SSSR count). The summed E-state index contributed by atoms with van der Waals surface area (Å²) in [7, 11) is 0. The molecule has 0 spiro atoms. The van der Waals surface area contributed by atoms with E-state index in [9.17, 15) is 9.18 Å². The normalized spacial score (nSPS) is 10.6. The van der Waals surface area contributed by atoms with Crippen LogP contribution in [-0.4, -0.2) is 32.0 Å². The van der Waals surface area contributed by atoms with E-state index in [0.717, 1.165) is 5.56 Å². The lowest BCUT2D eigenvalue weighted by Crippen LogP contribution is -2.39. The lowest BCUT2D eigenvalue weighted by Gasteiger charge is -2.23. The van der Waals surface area contributed by atoms with Crippen molar-refractivity contribution in [2.45, 2.75) is 26.6 Å². The highest BCUT2D eigenvalue weighted by Gasteiger charge is 2.17. The molecule has 0 aliphatic heterocycles. The van der Waals surface area contributed by atoms with Crippen molar-refractivity contribution in [3.8, 4) is 0 Å². The number of carbonyl (C=O) groups excluding carboxylic acids is 1. The third-order valence-electron chi connectivity index (χ3n) is 4.14. The predicted octanol–water partition coefficient (Wildman–Crippen LogP) is 3.20. The van der Waals surface area contributed by atoms with E-state index in [-0.39, 0.29) is 11.8 Å². The van der Waals surface area contributed by atoms with Crippen molar-refractivity contribution in [1.29, 1.82) is 0 Å². The molecule has 2 aromatic heterocycles. The second kappa shape index (κ2) is 8.93. The summed E-state index contributed by atoms with van der Waals surface area (Å²) in [5.41, 5.74) is 1.50. The summed E-state index contributed by atoms with van der Waals surface area (Å²) >= 11 is 0. The van der Waals surface area contributed by atoms with Gasteiger partial charge >= 0.3 is 6.03 Å². The van der Waals surface area contributed by atoms with Gasteiger partial charge in [0.25, 0.3) is 0 Å². The van der Waals surface area contributed by atoms with Crippen LogP contribution in [0.3, 0.4) is 0 Å². The maximum absolute atomic E-state index is 14.0. The summed E-state index contributed by atoms with van der Waals surface area (Å²) in [5, 5.41) is 2.83.